The van der Waals surface area contributed by atoms with Crippen LogP contribution in [0.3, 0.4) is 0 Å². The molecule has 1 amide bonds. The van der Waals surface area contributed by atoms with E-state index in [1.54, 1.807) is 18.5 Å². The highest BCUT2D eigenvalue weighted by atomic mass is 16.3. The molecule has 4 rings (SSSR count). The third kappa shape index (κ3) is 3.20. The number of benzene rings is 1. The fourth-order valence-electron chi connectivity index (χ4n) is 3.41. The number of carbonyl (C=O) groups is 1. The first-order valence-corrected chi connectivity index (χ1v) is 8.59. The predicted molar refractivity (Wildman–Crippen MR) is 91.9 cm³/mol. The van der Waals surface area contributed by atoms with Gasteiger partial charge in [-0.25, -0.2) is 0 Å². The third-order valence-corrected chi connectivity index (χ3v) is 4.63. The Hall–Kier alpha value is -2.89. The van der Waals surface area contributed by atoms with Crippen molar-refractivity contribution in [2.75, 3.05) is 6.54 Å². The van der Waals surface area contributed by atoms with Gasteiger partial charge >= 0.3 is 0 Å². The number of rotatable bonds is 4. The number of nitrogens with zero attached hydrogens (tertiary/aromatic N) is 4. The number of hydrogen-bond acceptors (Lipinski definition) is 4. The van der Waals surface area contributed by atoms with E-state index in [9.17, 15) is 4.79 Å². The molecule has 1 aliphatic heterocycles. The average Bonchev–Trinajstić information content (AvgIpc) is 3.34. The van der Waals surface area contributed by atoms with Crippen LogP contribution in [0.2, 0.25) is 0 Å². The number of furan rings is 1. The smallest absolute Gasteiger partial charge is 0.290 e. The number of aromatic nitrogens is 3. The summed E-state index contributed by atoms with van der Waals surface area (Å²) >= 11 is 0. The van der Waals surface area contributed by atoms with E-state index in [-0.39, 0.29) is 11.9 Å². The van der Waals surface area contributed by atoms with Crippen LogP contribution in [-0.2, 0) is 6.54 Å². The number of hydrogen-bond donors (Lipinski definition) is 0. The highest BCUT2D eigenvalue weighted by Crippen LogP contribution is 2.31. The van der Waals surface area contributed by atoms with Gasteiger partial charge in [-0.05, 0) is 37.0 Å². The van der Waals surface area contributed by atoms with Crippen molar-refractivity contribution >= 4 is 5.91 Å². The molecule has 1 atom stereocenters. The summed E-state index contributed by atoms with van der Waals surface area (Å²) in [6, 6.07) is 13.6. The molecule has 1 aliphatic rings. The van der Waals surface area contributed by atoms with Crippen molar-refractivity contribution in [1.82, 2.24) is 19.7 Å². The second-order valence-corrected chi connectivity index (χ2v) is 6.29. The van der Waals surface area contributed by atoms with Crippen molar-refractivity contribution < 1.29 is 9.21 Å². The molecule has 0 aliphatic carbocycles. The topological polar surface area (TPSA) is 64.2 Å². The van der Waals surface area contributed by atoms with E-state index in [0.29, 0.717) is 18.8 Å². The SMILES string of the molecule is O=C(c1ccco1)N1CCCC[C@H]1c1nncn1Cc1ccccc1. The summed E-state index contributed by atoms with van der Waals surface area (Å²) < 4.78 is 7.34. The molecule has 0 bridgehead atoms. The Kier molecular flexibility index (Phi) is 4.33. The lowest BCUT2D eigenvalue weighted by molar-refractivity contribution is 0.0562. The van der Waals surface area contributed by atoms with Gasteiger partial charge in [0.1, 0.15) is 6.33 Å². The lowest BCUT2D eigenvalue weighted by Crippen LogP contribution is -2.39. The van der Waals surface area contributed by atoms with Crippen LogP contribution in [0.5, 0.6) is 0 Å². The fraction of sp³-hybridized carbons (Fsp3) is 0.316. The van der Waals surface area contributed by atoms with Crippen LogP contribution in [0.15, 0.2) is 59.5 Å². The molecule has 128 valence electrons. The van der Waals surface area contributed by atoms with Crippen LogP contribution in [0.25, 0.3) is 0 Å². The summed E-state index contributed by atoms with van der Waals surface area (Å²) in [5, 5.41) is 8.44. The minimum Gasteiger partial charge on any atom is -0.459 e. The van der Waals surface area contributed by atoms with Crippen LogP contribution in [0.1, 0.15) is 47.2 Å². The van der Waals surface area contributed by atoms with Gasteiger partial charge in [0.15, 0.2) is 11.6 Å². The zero-order valence-corrected chi connectivity index (χ0v) is 13.9. The molecular formula is C19H20N4O2. The van der Waals surface area contributed by atoms with Crippen molar-refractivity contribution in [2.45, 2.75) is 31.8 Å². The number of amides is 1. The molecule has 3 aromatic rings. The van der Waals surface area contributed by atoms with E-state index in [4.69, 9.17) is 4.42 Å². The van der Waals surface area contributed by atoms with Crippen molar-refractivity contribution in [3.8, 4) is 0 Å². The van der Waals surface area contributed by atoms with Gasteiger partial charge in [0, 0.05) is 6.54 Å². The van der Waals surface area contributed by atoms with E-state index < -0.39 is 0 Å². The van der Waals surface area contributed by atoms with Gasteiger partial charge in [-0.15, -0.1) is 10.2 Å². The molecule has 0 saturated carbocycles. The largest absolute Gasteiger partial charge is 0.459 e. The summed E-state index contributed by atoms with van der Waals surface area (Å²) in [5.41, 5.74) is 1.18. The Morgan fingerprint density at radius 1 is 1.16 bits per heavy atom. The maximum Gasteiger partial charge on any atom is 0.290 e. The second kappa shape index (κ2) is 6.93. The van der Waals surface area contributed by atoms with Gasteiger partial charge in [-0.1, -0.05) is 30.3 Å². The van der Waals surface area contributed by atoms with E-state index in [1.165, 1.54) is 11.8 Å². The Morgan fingerprint density at radius 3 is 2.84 bits per heavy atom. The Labute approximate surface area is 146 Å². The highest BCUT2D eigenvalue weighted by Gasteiger charge is 2.33. The van der Waals surface area contributed by atoms with Crippen LogP contribution in [0.4, 0.5) is 0 Å². The fourth-order valence-corrected chi connectivity index (χ4v) is 3.41. The van der Waals surface area contributed by atoms with Crippen molar-refractivity contribution in [2.24, 2.45) is 0 Å². The van der Waals surface area contributed by atoms with Crippen molar-refractivity contribution in [3.63, 3.8) is 0 Å². The highest BCUT2D eigenvalue weighted by molar-refractivity contribution is 5.91. The van der Waals surface area contributed by atoms with Gasteiger partial charge in [0.25, 0.3) is 5.91 Å². The quantitative estimate of drug-likeness (QED) is 0.733. The standard InChI is InChI=1S/C19H20N4O2/c24-19(17-10-6-12-25-17)23-11-5-4-9-16(23)18-21-20-14-22(18)13-15-7-2-1-3-8-15/h1-3,6-8,10,12,14,16H,4-5,9,11,13H2/t16-/m0/s1. The predicted octanol–water partition coefficient (Wildman–Crippen LogP) is 3.29. The summed E-state index contributed by atoms with van der Waals surface area (Å²) in [6.07, 6.45) is 6.23. The minimum atomic E-state index is -0.0797. The van der Waals surface area contributed by atoms with E-state index in [1.807, 2.05) is 27.7 Å². The Balaban J connectivity index is 1.61. The molecule has 0 radical (unpaired) electrons. The number of carbonyl (C=O) groups excluding carboxylic acids is 1. The molecule has 1 aromatic carbocycles. The summed E-state index contributed by atoms with van der Waals surface area (Å²) in [4.78, 5) is 14.7. The molecule has 25 heavy (non-hydrogen) atoms. The summed E-state index contributed by atoms with van der Waals surface area (Å²) in [6.45, 7) is 1.41. The first-order valence-electron chi connectivity index (χ1n) is 8.59. The van der Waals surface area contributed by atoms with Gasteiger partial charge in [-0.3, -0.25) is 4.79 Å². The maximum absolute atomic E-state index is 12.8. The first kappa shape index (κ1) is 15.6. The molecule has 1 saturated heterocycles. The second-order valence-electron chi connectivity index (χ2n) is 6.29. The third-order valence-electron chi connectivity index (χ3n) is 4.63. The average molecular weight is 336 g/mol. The molecule has 0 spiro atoms. The maximum atomic E-state index is 12.8. The van der Waals surface area contributed by atoms with Crippen molar-refractivity contribution in [1.29, 1.82) is 0 Å². The van der Waals surface area contributed by atoms with Crippen LogP contribution in [0, 0.1) is 0 Å². The normalized spacial score (nSPS) is 17.6. The van der Waals surface area contributed by atoms with Gasteiger partial charge in [-0.2, -0.15) is 0 Å². The van der Waals surface area contributed by atoms with Crippen LogP contribution in [-0.4, -0.2) is 32.1 Å². The monoisotopic (exact) mass is 336 g/mol. The summed E-state index contributed by atoms with van der Waals surface area (Å²) in [5.74, 6) is 1.13. The van der Waals surface area contributed by atoms with Crippen LogP contribution >= 0.6 is 0 Å². The minimum absolute atomic E-state index is 0.0717. The Morgan fingerprint density at radius 2 is 2.04 bits per heavy atom. The molecule has 3 heterocycles. The van der Waals surface area contributed by atoms with E-state index in [0.717, 1.165) is 25.1 Å². The molecular weight excluding hydrogens is 316 g/mol. The number of piperidine rings is 1. The van der Waals surface area contributed by atoms with Gasteiger partial charge < -0.3 is 13.9 Å². The van der Waals surface area contributed by atoms with Gasteiger partial charge in [0.05, 0.1) is 18.8 Å². The Bertz CT molecular complexity index is 826. The van der Waals surface area contributed by atoms with E-state index >= 15 is 0 Å². The van der Waals surface area contributed by atoms with E-state index in [2.05, 4.69) is 22.3 Å². The first-order chi connectivity index (χ1) is 12.3. The summed E-state index contributed by atoms with van der Waals surface area (Å²) in [7, 11) is 0. The van der Waals surface area contributed by atoms with Gasteiger partial charge in [0.2, 0.25) is 0 Å². The molecule has 0 unspecified atom stereocenters. The van der Waals surface area contributed by atoms with Crippen LogP contribution < -0.4 is 0 Å². The lowest BCUT2D eigenvalue weighted by Gasteiger charge is -2.34. The molecule has 6 nitrogen and oxygen atoms in total. The zero-order chi connectivity index (χ0) is 17.1. The number of likely N-dealkylation sites (tertiary alicyclic amines) is 1. The molecule has 0 N–H and O–H groups in total. The molecule has 1 fully saturated rings. The van der Waals surface area contributed by atoms with Crippen molar-refractivity contribution in [3.05, 3.63) is 72.2 Å². The zero-order valence-electron chi connectivity index (χ0n) is 13.9. The molecule has 2 aromatic heterocycles. The lowest BCUT2D eigenvalue weighted by atomic mass is 10.0. The molecule has 6 heteroatoms.